The molecule has 7 nitrogen and oxygen atoms in total. The molecular formula is C28H35N3O4S. The molecule has 1 atom stereocenters. The van der Waals surface area contributed by atoms with E-state index in [0.29, 0.717) is 30.1 Å². The van der Waals surface area contributed by atoms with Gasteiger partial charge >= 0.3 is 0 Å². The van der Waals surface area contributed by atoms with Crippen LogP contribution in [0, 0.1) is 5.92 Å². The van der Waals surface area contributed by atoms with E-state index in [9.17, 15) is 18.3 Å². The van der Waals surface area contributed by atoms with E-state index in [4.69, 9.17) is 5.73 Å². The maximum absolute atomic E-state index is 12.5. The van der Waals surface area contributed by atoms with Gasteiger partial charge in [0.25, 0.3) is 5.91 Å². The van der Waals surface area contributed by atoms with Gasteiger partial charge in [0, 0.05) is 17.8 Å². The van der Waals surface area contributed by atoms with E-state index >= 15 is 0 Å². The van der Waals surface area contributed by atoms with Crippen molar-refractivity contribution in [3.05, 3.63) is 89.0 Å². The van der Waals surface area contributed by atoms with E-state index in [2.05, 4.69) is 36.0 Å². The highest BCUT2D eigenvalue weighted by Crippen LogP contribution is 2.25. The number of nitrogen functional groups attached to an aromatic ring is 1. The summed E-state index contributed by atoms with van der Waals surface area (Å²) < 4.78 is 25.1. The Bertz CT molecular complexity index is 1270. The van der Waals surface area contributed by atoms with E-state index in [1.54, 1.807) is 18.2 Å². The summed E-state index contributed by atoms with van der Waals surface area (Å²) in [5, 5.41) is 13.6. The molecule has 0 spiro atoms. The van der Waals surface area contributed by atoms with Crippen LogP contribution in [0.1, 0.15) is 47.0 Å². The third-order valence-electron chi connectivity index (χ3n) is 5.79. The normalized spacial score (nSPS) is 12.5. The first kappa shape index (κ1) is 27.4. The summed E-state index contributed by atoms with van der Waals surface area (Å²) in [6, 6.07) is 21.0. The van der Waals surface area contributed by atoms with E-state index < -0.39 is 22.0 Å². The highest BCUT2D eigenvalue weighted by Gasteiger charge is 2.17. The van der Waals surface area contributed by atoms with E-state index in [0.717, 1.165) is 41.5 Å². The quantitative estimate of drug-likeness (QED) is 0.231. The fourth-order valence-corrected chi connectivity index (χ4v) is 4.44. The molecule has 0 aliphatic heterocycles. The van der Waals surface area contributed by atoms with Gasteiger partial charge in [-0.25, -0.2) is 13.1 Å². The van der Waals surface area contributed by atoms with Gasteiger partial charge in [0.1, 0.15) is 0 Å². The number of sulfonamides is 1. The Morgan fingerprint density at radius 3 is 2.22 bits per heavy atom. The number of nitrogens with two attached hydrogens (primary N) is 1. The Morgan fingerprint density at radius 1 is 0.972 bits per heavy atom. The topological polar surface area (TPSA) is 122 Å². The second kappa shape index (κ2) is 12.2. The molecular weight excluding hydrogens is 474 g/mol. The smallest absolute Gasteiger partial charge is 0.264 e. The lowest BCUT2D eigenvalue weighted by Crippen LogP contribution is -2.30. The number of nitrogens with one attached hydrogen (secondary N) is 2. The van der Waals surface area contributed by atoms with Gasteiger partial charge in [-0.1, -0.05) is 62.4 Å². The predicted octanol–water partition coefficient (Wildman–Crippen LogP) is 3.69. The molecule has 0 bridgehead atoms. The number of amides is 1. The average Bonchev–Trinajstić information content (AvgIpc) is 2.81. The first-order chi connectivity index (χ1) is 17.0. The van der Waals surface area contributed by atoms with Crippen molar-refractivity contribution < 1.29 is 18.3 Å². The summed E-state index contributed by atoms with van der Waals surface area (Å²) in [4.78, 5) is 12.5. The molecule has 192 valence electrons. The van der Waals surface area contributed by atoms with Gasteiger partial charge in [0.15, 0.2) is 0 Å². The van der Waals surface area contributed by atoms with Gasteiger partial charge < -0.3 is 16.2 Å². The van der Waals surface area contributed by atoms with Crippen LogP contribution in [0.25, 0.3) is 11.1 Å². The molecule has 0 saturated heterocycles. The minimum Gasteiger partial charge on any atom is -0.399 e. The summed E-state index contributed by atoms with van der Waals surface area (Å²) in [7, 11) is -3.64. The number of anilines is 1. The first-order valence-corrected chi connectivity index (χ1v) is 13.9. The molecule has 0 saturated carbocycles. The number of benzene rings is 3. The molecule has 0 fully saturated rings. The minimum absolute atomic E-state index is 0.304. The molecule has 0 aromatic heterocycles. The molecule has 3 aromatic rings. The van der Waals surface area contributed by atoms with Gasteiger partial charge in [-0.05, 0) is 71.3 Å². The third kappa shape index (κ3) is 8.19. The lowest BCUT2D eigenvalue weighted by Gasteiger charge is -2.14. The Balaban J connectivity index is 1.62. The Kier molecular flexibility index (Phi) is 9.25. The van der Waals surface area contributed by atoms with Crippen molar-refractivity contribution in [2.45, 2.75) is 32.8 Å². The van der Waals surface area contributed by atoms with Crippen LogP contribution in [-0.2, 0) is 22.9 Å². The summed E-state index contributed by atoms with van der Waals surface area (Å²) in [6.45, 7) is 5.30. The van der Waals surface area contributed by atoms with Crippen LogP contribution in [0.4, 0.5) is 5.69 Å². The van der Waals surface area contributed by atoms with Gasteiger partial charge in [-0.3, -0.25) is 4.79 Å². The largest absolute Gasteiger partial charge is 0.399 e. The molecule has 0 aliphatic rings. The maximum Gasteiger partial charge on any atom is 0.264 e. The second-order valence-electron chi connectivity index (χ2n) is 9.51. The summed E-state index contributed by atoms with van der Waals surface area (Å²) in [5.74, 6) is -0.303. The van der Waals surface area contributed by atoms with Crippen molar-refractivity contribution in [2.24, 2.45) is 5.92 Å². The van der Waals surface area contributed by atoms with Crippen molar-refractivity contribution in [1.29, 1.82) is 0 Å². The van der Waals surface area contributed by atoms with E-state index in [1.165, 1.54) is 5.56 Å². The zero-order chi connectivity index (χ0) is 26.3. The molecule has 8 heteroatoms. The molecule has 0 aliphatic carbocycles. The third-order valence-corrected chi connectivity index (χ3v) is 6.35. The number of carbonyl (C=O) groups excluding carboxylic acids is 1. The van der Waals surface area contributed by atoms with Gasteiger partial charge in [0.2, 0.25) is 10.0 Å². The van der Waals surface area contributed by atoms with Crippen LogP contribution in [0.15, 0.2) is 66.7 Å². The average molecular weight is 510 g/mol. The van der Waals surface area contributed by atoms with Crippen LogP contribution < -0.4 is 15.8 Å². The fourth-order valence-electron chi connectivity index (χ4n) is 4.00. The number of carbonyl (C=O) groups is 1. The van der Waals surface area contributed by atoms with Crippen LogP contribution in [0.2, 0.25) is 0 Å². The molecule has 0 heterocycles. The number of rotatable bonds is 11. The first-order valence-electron chi connectivity index (χ1n) is 12.0. The fraction of sp³-hybridized carbons (Fsp3) is 0.321. The Labute approximate surface area is 213 Å². The highest BCUT2D eigenvalue weighted by atomic mass is 32.2. The van der Waals surface area contributed by atoms with Crippen molar-refractivity contribution in [2.75, 3.05) is 25.1 Å². The highest BCUT2D eigenvalue weighted by molar-refractivity contribution is 7.89. The van der Waals surface area contributed by atoms with Gasteiger partial charge in [-0.2, -0.15) is 0 Å². The standard InChI is InChI=1S/C28H35N3O4S/c1-19(2)16-24-17-23(10-13-26(24)28(33)31-36(3,34)35)21-6-4-20(5-7-21)14-15-30-18-27(32)22-8-11-25(29)12-9-22/h4-13,17,19,27,30,32H,14-16,18,29H2,1-3H3,(H,31,33)/t27-/m1/s1. The monoisotopic (exact) mass is 509 g/mol. The lowest BCUT2D eigenvalue weighted by molar-refractivity contribution is 0.0980. The molecule has 5 N–H and O–H groups in total. The molecule has 0 radical (unpaired) electrons. The zero-order valence-corrected chi connectivity index (χ0v) is 21.8. The summed E-state index contributed by atoms with van der Waals surface area (Å²) >= 11 is 0. The van der Waals surface area contributed by atoms with Crippen LogP contribution in [0.5, 0.6) is 0 Å². The van der Waals surface area contributed by atoms with Crippen LogP contribution >= 0.6 is 0 Å². The lowest BCUT2D eigenvalue weighted by atomic mass is 9.93. The van der Waals surface area contributed by atoms with Crippen molar-refractivity contribution in [3.8, 4) is 11.1 Å². The van der Waals surface area contributed by atoms with Crippen LogP contribution in [0.3, 0.4) is 0 Å². The predicted molar refractivity (Wildman–Crippen MR) is 145 cm³/mol. The van der Waals surface area contributed by atoms with Crippen molar-refractivity contribution >= 4 is 21.6 Å². The molecule has 3 aromatic carbocycles. The summed E-state index contributed by atoms with van der Waals surface area (Å²) in [6.07, 6.45) is 1.86. The van der Waals surface area contributed by atoms with Crippen molar-refractivity contribution in [1.82, 2.24) is 10.0 Å². The number of hydrogen-bond acceptors (Lipinski definition) is 6. The maximum atomic E-state index is 12.5. The van der Waals surface area contributed by atoms with Gasteiger partial charge in [-0.15, -0.1) is 0 Å². The molecule has 1 amide bonds. The molecule has 0 unspecified atom stereocenters. The van der Waals surface area contributed by atoms with Crippen molar-refractivity contribution in [3.63, 3.8) is 0 Å². The van der Waals surface area contributed by atoms with E-state index in [1.807, 2.05) is 36.4 Å². The molecule has 36 heavy (non-hydrogen) atoms. The number of aliphatic hydroxyl groups is 1. The van der Waals surface area contributed by atoms with Gasteiger partial charge in [0.05, 0.1) is 12.4 Å². The Morgan fingerprint density at radius 2 is 1.61 bits per heavy atom. The second-order valence-corrected chi connectivity index (χ2v) is 11.3. The Hall–Kier alpha value is -3.20. The number of aliphatic hydroxyl groups excluding tert-OH is 1. The summed E-state index contributed by atoms with van der Waals surface area (Å²) in [5.41, 5.74) is 11.5. The van der Waals surface area contributed by atoms with Crippen LogP contribution in [-0.4, -0.2) is 38.8 Å². The number of hydrogen-bond donors (Lipinski definition) is 4. The SMILES string of the molecule is CC(C)Cc1cc(-c2ccc(CCNC[C@@H](O)c3ccc(N)cc3)cc2)ccc1C(=O)NS(C)(=O)=O. The zero-order valence-electron chi connectivity index (χ0n) is 21.0. The minimum atomic E-state index is -3.64. The molecule has 3 rings (SSSR count). The van der Waals surface area contributed by atoms with E-state index in [-0.39, 0.29) is 0 Å².